The van der Waals surface area contributed by atoms with Crippen molar-refractivity contribution in [1.82, 2.24) is 0 Å². The van der Waals surface area contributed by atoms with Crippen molar-refractivity contribution in [1.29, 1.82) is 0 Å². The Labute approximate surface area is 109 Å². The van der Waals surface area contributed by atoms with Gasteiger partial charge in [-0.2, -0.15) is 0 Å². The van der Waals surface area contributed by atoms with E-state index < -0.39 is 11.6 Å². The predicted molar refractivity (Wildman–Crippen MR) is 67.2 cm³/mol. The van der Waals surface area contributed by atoms with Gasteiger partial charge in [0.15, 0.2) is 0 Å². The van der Waals surface area contributed by atoms with E-state index in [-0.39, 0.29) is 11.1 Å². The van der Waals surface area contributed by atoms with Gasteiger partial charge < -0.3 is 0 Å². The van der Waals surface area contributed by atoms with E-state index in [0.29, 0.717) is 8.95 Å². The maximum Gasteiger partial charge on any atom is 0.146 e. The third-order valence-corrected chi connectivity index (χ3v) is 4.17. The van der Waals surface area contributed by atoms with Crippen molar-refractivity contribution in [2.24, 2.45) is 0 Å². The van der Waals surface area contributed by atoms with Gasteiger partial charge in [0.1, 0.15) is 11.6 Å². The lowest BCUT2D eigenvalue weighted by atomic mass is 10.0. The van der Waals surface area contributed by atoms with Crippen LogP contribution in [-0.4, -0.2) is 0 Å². The minimum Gasteiger partial charge on any atom is -0.206 e. The maximum absolute atomic E-state index is 13.9. The molecule has 2 aromatic rings. The van der Waals surface area contributed by atoms with Gasteiger partial charge >= 0.3 is 0 Å². The lowest BCUT2D eigenvalue weighted by Gasteiger charge is -2.07. The first-order chi connectivity index (χ1) is 7.61. The second-order valence-corrected chi connectivity index (χ2v) is 4.85. The van der Waals surface area contributed by atoms with Crippen LogP contribution >= 0.6 is 31.9 Å². The summed E-state index contributed by atoms with van der Waals surface area (Å²) >= 11 is 6.30. The molecule has 0 radical (unpaired) electrons. The number of rotatable bonds is 1. The average molecular weight is 348 g/mol. The SMILES string of the molecule is Fc1ccccc1-c1ccc(Br)c(Br)c1F. The fourth-order valence-electron chi connectivity index (χ4n) is 1.41. The molecular formula is C12H6Br2F2. The Bertz CT molecular complexity index is 539. The summed E-state index contributed by atoms with van der Waals surface area (Å²) in [4.78, 5) is 0. The van der Waals surface area contributed by atoms with Crippen LogP contribution in [-0.2, 0) is 0 Å². The van der Waals surface area contributed by atoms with Gasteiger partial charge in [-0.25, -0.2) is 8.78 Å². The minimum absolute atomic E-state index is 0.244. The fourth-order valence-corrected chi connectivity index (χ4v) is 2.07. The fraction of sp³-hybridized carbons (Fsp3) is 0. The van der Waals surface area contributed by atoms with Crippen molar-refractivity contribution in [3.63, 3.8) is 0 Å². The molecule has 0 spiro atoms. The van der Waals surface area contributed by atoms with Crippen molar-refractivity contribution in [2.45, 2.75) is 0 Å². The zero-order chi connectivity index (χ0) is 11.7. The van der Waals surface area contributed by atoms with Gasteiger partial charge in [-0.3, -0.25) is 0 Å². The van der Waals surface area contributed by atoms with Gasteiger partial charge in [0, 0.05) is 15.6 Å². The number of halogens is 4. The Morgan fingerprint density at radius 1 is 0.812 bits per heavy atom. The third kappa shape index (κ3) is 2.04. The maximum atomic E-state index is 13.9. The van der Waals surface area contributed by atoms with Gasteiger partial charge in [-0.05, 0) is 44.0 Å². The second kappa shape index (κ2) is 4.63. The summed E-state index contributed by atoms with van der Waals surface area (Å²) in [5.74, 6) is -0.907. The summed E-state index contributed by atoms with van der Waals surface area (Å²) in [6, 6.07) is 9.33. The number of hydrogen-bond donors (Lipinski definition) is 0. The standard InChI is InChI=1S/C12H6Br2F2/c13-9-6-5-8(12(16)11(9)14)7-3-1-2-4-10(7)15/h1-6H. The molecule has 0 saturated carbocycles. The van der Waals surface area contributed by atoms with Gasteiger partial charge in [0.25, 0.3) is 0 Å². The molecule has 0 fully saturated rings. The summed E-state index contributed by atoms with van der Waals surface area (Å²) in [5.41, 5.74) is 0.501. The van der Waals surface area contributed by atoms with E-state index in [2.05, 4.69) is 31.9 Å². The van der Waals surface area contributed by atoms with Crippen molar-refractivity contribution < 1.29 is 8.78 Å². The van der Waals surface area contributed by atoms with Crippen LogP contribution in [0.15, 0.2) is 45.3 Å². The van der Waals surface area contributed by atoms with Crippen LogP contribution in [0.4, 0.5) is 8.78 Å². The van der Waals surface area contributed by atoms with E-state index in [0.717, 1.165) is 0 Å². The summed E-state index contributed by atoms with van der Waals surface area (Å²) in [5, 5.41) is 0. The Balaban J connectivity index is 2.66. The van der Waals surface area contributed by atoms with Crippen LogP contribution in [0.1, 0.15) is 0 Å². The molecule has 0 aliphatic rings. The summed E-state index contributed by atoms with van der Waals surface area (Å²) in [7, 11) is 0. The molecule has 4 heteroatoms. The lowest BCUT2D eigenvalue weighted by Crippen LogP contribution is -1.90. The largest absolute Gasteiger partial charge is 0.206 e. The highest BCUT2D eigenvalue weighted by Crippen LogP contribution is 2.34. The van der Waals surface area contributed by atoms with Crippen molar-refractivity contribution >= 4 is 31.9 Å². The highest BCUT2D eigenvalue weighted by atomic mass is 79.9. The first kappa shape index (κ1) is 11.7. The highest BCUT2D eigenvalue weighted by Gasteiger charge is 2.13. The topological polar surface area (TPSA) is 0 Å². The molecule has 2 rings (SSSR count). The molecule has 0 nitrogen and oxygen atoms in total. The normalized spacial score (nSPS) is 10.5. The van der Waals surface area contributed by atoms with Crippen LogP contribution in [0.2, 0.25) is 0 Å². The molecule has 0 saturated heterocycles. The van der Waals surface area contributed by atoms with E-state index in [1.54, 1.807) is 30.3 Å². The van der Waals surface area contributed by atoms with E-state index >= 15 is 0 Å². The quantitative estimate of drug-likeness (QED) is 0.625. The Hall–Kier alpha value is -0.740. The van der Waals surface area contributed by atoms with Gasteiger partial charge in [0.2, 0.25) is 0 Å². The highest BCUT2D eigenvalue weighted by molar-refractivity contribution is 9.13. The first-order valence-electron chi connectivity index (χ1n) is 4.49. The van der Waals surface area contributed by atoms with Crippen molar-refractivity contribution in [3.05, 3.63) is 57.0 Å². The van der Waals surface area contributed by atoms with Crippen LogP contribution in [0.25, 0.3) is 11.1 Å². The smallest absolute Gasteiger partial charge is 0.146 e. The Morgan fingerprint density at radius 3 is 2.19 bits per heavy atom. The monoisotopic (exact) mass is 346 g/mol. The molecule has 0 bridgehead atoms. The molecule has 0 aromatic heterocycles. The van der Waals surface area contributed by atoms with Gasteiger partial charge in [0.05, 0.1) is 4.47 Å². The zero-order valence-corrected chi connectivity index (χ0v) is 11.1. The average Bonchev–Trinajstić information content (AvgIpc) is 2.28. The van der Waals surface area contributed by atoms with Crippen molar-refractivity contribution in [2.75, 3.05) is 0 Å². The zero-order valence-electron chi connectivity index (χ0n) is 7.98. The molecule has 2 aromatic carbocycles. The number of hydrogen-bond acceptors (Lipinski definition) is 0. The lowest BCUT2D eigenvalue weighted by molar-refractivity contribution is 0.612. The molecule has 16 heavy (non-hydrogen) atoms. The van der Waals surface area contributed by atoms with E-state index in [1.165, 1.54) is 6.07 Å². The molecule has 82 valence electrons. The first-order valence-corrected chi connectivity index (χ1v) is 6.08. The summed E-state index contributed by atoms with van der Waals surface area (Å²) in [6.07, 6.45) is 0. The Morgan fingerprint density at radius 2 is 1.50 bits per heavy atom. The minimum atomic E-state index is -0.473. The molecule has 0 aliphatic heterocycles. The molecule has 0 amide bonds. The molecule has 0 atom stereocenters. The van der Waals surface area contributed by atoms with E-state index in [1.807, 2.05) is 0 Å². The molecular weight excluding hydrogens is 342 g/mol. The number of benzene rings is 2. The van der Waals surface area contributed by atoms with Crippen LogP contribution in [0.5, 0.6) is 0 Å². The second-order valence-electron chi connectivity index (χ2n) is 3.20. The van der Waals surface area contributed by atoms with E-state index in [9.17, 15) is 8.78 Å². The molecule has 0 unspecified atom stereocenters. The molecule has 0 heterocycles. The van der Waals surface area contributed by atoms with Crippen LogP contribution < -0.4 is 0 Å². The summed E-state index contributed by atoms with van der Waals surface area (Å²) in [6.45, 7) is 0. The summed E-state index contributed by atoms with van der Waals surface area (Å²) < 4.78 is 28.3. The molecule has 0 N–H and O–H groups in total. The Kier molecular flexibility index (Phi) is 3.40. The van der Waals surface area contributed by atoms with E-state index in [4.69, 9.17) is 0 Å². The van der Waals surface area contributed by atoms with Crippen LogP contribution in [0, 0.1) is 11.6 Å². The van der Waals surface area contributed by atoms with Crippen molar-refractivity contribution in [3.8, 4) is 11.1 Å². The van der Waals surface area contributed by atoms with Gasteiger partial charge in [-0.1, -0.05) is 24.3 Å². The third-order valence-electron chi connectivity index (χ3n) is 2.20. The van der Waals surface area contributed by atoms with Crippen LogP contribution in [0.3, 0.4) is 0 Å². The van der Waals surface area contributed by atoms with Gasteiger partial charge in [-0.15, -0.1) is 0 Å². The predicted octanol–water partition coefficient (Wildman–Crippen LogP) is 5.16. The molecule has 0 aliphatic carbocycles.